The number of nitrogens with zero attached hydrogens (tertiary/aromatic N) is 1. The average Bonchev–Trinajstić information content (AvgIpc) is 2.75. The number of nitrogens with two attached hydrogens (primary N) is 1. The van der Waals surface area contributed by atoms with E-state index < -0.39 is 0 Å². The van der Waals surface area contributed by atoms with E-state index in [9.17, 15) is 4.79 Å². The van der Waals surface area contributed by atoms with Gasteiger partial charge in [-0.25, -0.2) is 0 Å². The van der Waals surface area contributed by atoms with Crippen LogP contribution in [-0.2, 0) is 6.54 Å². The molecule has 1 aromatic heterocycles. The lowest BCUT2D eigenvalue weighted by Crippen LogP contribution is -2.16. The van der Waals surface area contributed by atoms with E-state index in [0.717, 1.165) is 18.5 Å². The number of rotatable bonds is 4. The third kappa shape index (κ3) is 3.14. The van der Waals surface area contributed by atoms with Gasteiger partial charge in [0.1, 0.15) is 5.69 Å². The Bertz CT molecular complexity index is 634. The van der Waals surface area contributed by atoms with Gasteiger partial charge in [0.25, 0.3) is 5.91 Å². The molecule has 0 radical (unpaired) electrons. The smallest absolute Gasteiger partial charge is 0.272 e. The molecular weight excluding hydrogens is 274 g/mol. The second-order valence-corrected chi connectivity index (χ2v) is 5.18. The van der Waals surface area contributed by atoms with Crippen LogP contribution in [0.25, 0.3) is 0 Å². The lowest BCUT2D eigenvalue weighted by molar-refractivity contribution is 0.101. The molecule has 4 nitrogen and oxygen atoms in total. The van der Waals surface area contributed by atoms with Gasteiger partial charge >= 0.3 is 0 Å². The predicted molar refractivity (Wildman–Crippen MR) is 83.3 cm³/mol. The molecule has 1 heterocycles. The minimum absolute atomic E-state index is 0.185. The molecule has 3 N–H and O–H groups in total. The molecule has 0 spiro atoms. The highest BCUT2D eigenvalue weighted by atomic mass is 35.5. The summed E-state index contributed by atoms with van der Waals surface area (Å²) in [6.45, 7) is 4.73. The Labute approximate surface area is 123 Å². The van der Waals surface area contributed by atoms with Crippen LogP contribution >= 0.6 is 11.6 Å². The number of halogens is 1. The Kier molecular flexibility index (Phi) is 4.35. The zero-order valence-corrected chi connectivity index (χ0v) is 12.4. The van der Waals surface area contributed by atoms with Crippen LogP contribution in [0.2, 0.25) is 5.02 Å². The molecule has 0 bridgehead atoms. The van der Waals surface area contributed by atoms with Crippen molar-refractivity contribution >= 4 is 28.9 Å². The van der Waals surface area contributed by atoms with Gasteiger partial charge in [0.15, 0.2) is 0 Å². The number of carbonyl (C=O) groups is 1. The summed E-state index contributed by atoms with van der Waals surface area (Å²) in [5.74, 6) is -0.185. The lowest BCUT2D eigenvalue weighted by atomic mass is 10.2. The quantitative estimate of drug-likeness (QED) is 0.902. The van der Waals surface area contributed by atoms with Crippen molar-refractivity contribution in [1.82, 2.24) is 4.57 Å². The summed E-state index contributed by atoms with van der Waals surface area (Å²) in [5.41, 5.74) is 8.56. The number of nitrogen functional groups attached to an aromatic ring is 1. The minimum Gasteiger partial charge on any atom is -0.397 e. The van der Waals surface area contributed by atoms with Crippen LogP contribution < -0.4 is 11.1 Å². The van der Waals surface area contributed by atoms with E-state index in [0.29, 0.717) is 22.1 Å². The first-order valence-corrected chi connectivity index (χ1v) is 6.92. The number of aryl methyl sites for hydroxylation is 2. The fourth-order valence-electron chi connectivity index (χ4n) is 2.02. The van der Waals surface area contributed by atoms with E-state index in [1.54, 1.807) is 18.3 Å². The van der Waals surface area contributed by atoms with Crippen LogP contribution in [0.5, 0.6) is 0 Å². The molecular formula is C15H18ClN3O. The molecule has 1 aromatic carbocycles. The summed E-state index contributed by atoms with van der Waals surface area (Å²) in [6, 6.07) is 7.12. The molecule has 0 aliphatic heterocycles. The van der Waals surface area contributed by atoms with Crippen molar-refractivity contribution in [2.24, 2.45) is 0 Å². The highest BCUT2D eigenvalue weighted by Gasteiger charge is 2.13. The molecule has 1 amide bonds. The fourth-order valence-corrected chi connectivity index (χ4v) is 2.20. The topological polar surface area (TPSA) is 60.0 Å². The molecule has 106 valence electrons. The average molecular weight is 292 g/mol. The number of benzene rings is 1. The van der Waals surface area contributed by atoms with Crippen molar-refractivity contribution < 1.29 is 4.79 Å². The zero-order chi connectivity index (χ0) is 14.7. The Morgan fingerprint density at radius 2 is 2.15 bits per heavy atom. The number of amides is 1. The first kappa shape index (κ1) is 14.5. The summed E-state index contributed by atoms with van der Waals surface area (Å²) in [5, 5.41) is 3.47. The Balaban J connectivity index is 2.21. The molecule has 20 heavy (non-hydrogen) atoms. The third-order valence-corrected chi connectivity index (χ3v) is 3.45. The number of anilines is 2. The van der Waals surface area contributed by atoms with E-state index in [1.165, 1.54) is 0 Å². The number of hydrogen-bond acceptors (Lipinski definition) is 2. The largest absolute Gasteiger partial charge is 0.397 e. The molecule has 2 aromatic rings. The lowest BCUT2D eigenvalue weighted by Gasteiger charge is -2.09. The Hall–Kier alpha value is -1.94. The number of carbonyl (C=O) groups excluding carboxylic acids is 1. The number of hydrogen-bond donors (Lipinski definition) is 2. The van der Waals surface area contributed by atoms with E-state index in [1.807, 2.05) is 23.6 Å². The van der Waals surface area contributed by atoms with Crippen molar-refractivity contribution in [3.8, 4) is 0 Å². The normalized spacial score (nSPS) is 10.6. The first-order valence-electron chi connectivity index (χ1n) is 6.54. The van der Waals surface area contributed by atoms with E-state index >= 15 is 0 Å². The number of nitrogens with one attached hydrogen (secondary N) is 1. The standard InChI is InChI=1S/C15H18ClN3O/c1-3-6-19-9-11(17)7-14(19)15(20)18-12-5-4-10(2)13(16)8-12/h4-5,7-9H,3,6,17H2,1-2H3,(H,18,20). The molecule has 0 atom stereocenters. The summed E-state index contributed by atoms with van der Waals surface area (Å²) in [4.78, 5) is 12.3. The van der Waals surface area contributed by atoms with Crippen LogP contribution in [0.1, 0.15) is 29.4 Å². The van der Waals surface area contributed by atoms with Gasteiger partial charge in [-0.15, -0.1) is 0 Å². The fraction of sp³-hybridized carbons (Fsp3) is 0.267. The van der Waals surface area contributed by atoms with Gasteiger partial charge in [0, 0.05) is 23.5 Å². The first-order chi connectivity index (χ1) is 9.51. The monoisotopic (exact) mass is 291 g/mol. The summed E-state index contributed by atoms with van der Waals surface area (Å²) >= 11 is 6.05. The number of aromatic nitrogens is 1. The van der Waals surface area contributed by atoms with Crippen molar-refractivity contribution in [3.63, 3.8) is 0 Å². The van der Waals surface area contributed by atoms with Gasteiger partial charge in [-0.05, 0) is 37.1 Å². The SMILES string of the molecule is CCCn1cc(N)cc1C(=O)Nc1ccc(C)c(Cl)c1. The summed E-state index contributed by atoms with van der Waals surface area (Å²) in [7, 11) is 0. The minimum atomic E-state index is -0.185. The van der Waals surface area contributed by atoms with Crippen LogP contribution in [0.4, 0.5) is 11.4 Å². The highest BCUT2D eigenvalue weighted by Crippen LogP contribution is 2.21. The predicted octanol–water partition coefficient (Wildman–Crippen LogP) is 3.69. The summed E-state index contributed by atoms with van der Waals surface area (Å²) in [6.07, 6.45) is 2.71. The molecule has 5 heteroatoms. The van der Waals surface area contributed by atoms with Crippen LogP contribution in [0.3, 0.4) is 0 Å². The molecule has 0 saturated heterocycles. The van der Waals surface area contributed by atoms with Crippen molar-refractivity contribution in [2.45, 2.75) is 26.8 Å². The molecule has 2 rings (SSSR count). The van der Waals surface area contributed by atoms with Gasteiger partial charge in [-0.1, -0.05) is 24.6 Å². The van der Waals surface area contributed by atoms with Gasteiger partial charge in [-0.3, -0.25) is 4.79 Å². The molecule has 0 unspecified atom stereocenters. The molecule has 0 aliphatic carbocycles. The van der Waals surface area contributed by atoms with Crippen LogP contribution in [-0.4, -0.2) is 10.5 Å². The molecule has 0 saturated carbocycles. The maximum absolute atomic E-state index is 12.3. The highest BCUT2D eigenvalue weighted by molar-refractivity contribution is 6.31. The van der Waals surface area contributed by atoms with E-state index in [2.05, 4.69) is 12.2 Å². The second kappa shape index (κ2) is 6.01. The Morgan fingerprint density at radius 3 is 2.80 bits per heavy atom. The van der Waals surface area contributed by atoms with Gasteiger partial charge in [0.2, 0.25) is 0 Å². The van der Waals surface area contributed by atoms with Crippen LogP contribution in [0.15, 0.2) is 30.5 Å². The van der Waals surface area contributed by atoms with E-state index in [4.69, 9.17) is 17.3 Å². The molecule has 0 aliphatic rings. The summed E-state index contributed by atoms with van der Waals surface area (Å²) < 4.78 is 1.86. The van der Waals surface area contributed by atoms with Crippen molar-refractivity contribution in [2.75, 3.05) is 11.1 Å². The van der Waals surface area contributed by atoms with Crippen LogP contribution in [0, 0.1) is 6.92 Å². The van der Waals surface area contributed by atoms with Crippen molar-refractivity contribution in [3.05, 3.63) is 46.7 Å². The van der Waals surface area contributed by atoms with Gasteiger partial charge < -0.3 is 15.6 Å². The maximum atomic E-state index is 12.3. The second-order valence-electron chi connectivity index (χ2n) is 4.77. The van der Waals surface area contributed by atoms with Gasteiger partial charge in [-0.2, -0.15) is 0 Å². The maximum Gasteiger partial charge on any atom is 0.272 e. The Morgan fingerprint density at radius 1 is 1.40 bits per heavy atom. The third-order valence-electron chi connectivity index (χ3n) is 3.04. The van der Waals surface area contributed by atoms with Crippen molar-refractivity contribution in [1.29, 1.82) is 0 Å². The van der Waals surface area contributed by atoms with E-state index in [-0.39, 0.29) is 5.91 Å². The molecule has 0 fully saturated rings. The zero-order valence-electron chi connectivity index (χ0n) is 11.6. The van der Waals surface area contributed by atoms with Gasteiger partial charge in [0.05, 0.1) is 5.69 Å².